The molecule has 2 fully saturated rings. The molecule has 0 amide bonds. The highest BCUT2D eigenvalue weighted by Gasteiger charge is 2.50. The average molecular weight is 462 g/mol. The van der Waals surface area contributed by atoms with Crippen LogP contribution in [0.3, 0.4) is 0 Å². The van der Waals surface area contributed by atoms with Crippen LogP contribution >= 0.6 is 0 Å². The van der Waals surface area contributed by atoms with E-state index in [0.29, 0.717) is 45.3 Å². The summed E-state index contributed by atoms with van der Waals surface area (Å²) in [6.45, 7) is 7.36. The molecule has 2 saturated heterocycles. The van der Waals surface area contributed by atoms with Gasteiger partial charge in [-0.25, -0.2) is 20.1 Å². The summed E-state index contributed by atoms with van der Waals surface area (Å²) >= 11 is 0. The lowest BCUT2D eigenvalue weighted by molar-refractivity contribution is 0.0981. The standard InChI is InChI=1S/C19H27N9O3S/c1-12-9-31-6-5-27(12)18-24-15(13-7-22-17(20)23-8-13)14-3-4-28(16(14)25-18)19(2)10-26(11-19)32(21,29)30/h7-8,12H,3-6,9-11H2,1-2H3,(H2,20,22,23)(H2,21,29,30)/t12-/m0/s1. The quantitative estimate of drug-likeness (QED) is 0.601. The van der Waals surface area contributed by atoms with Crippen molar-refractivity contribution < 1.29 is 13.2 Å². The Kier molecular flexibility index (Phi) is 4.96. The van der Waals surface area contributed by atoms with Gasteiger partial charge in [0.2, 0.25) is 11.9 Å². The average Bonchev–Trinajstić information content (AvgIpc) is 3.15. The molecule has 0 saturated carbocycles. The molecule has 5 rings (SSSR count). The van der Waals surface area contributed by atoms with Gasteiger partial charge in [-0.1, -0.05) is 0 Å². The van der Waals surface area contributed by atoms with Crippen LogP contribution in [0.15, 0.2) is 12.4 Å². The summed E-state index contributed by atoms with van der Waals surface area (Å²) in [7, 11) is -3.71. The molecule has 32 heavy (non-hydrogen) atoms. The van der Waals surface area contributed by atoms with E-state index in [2.05, 4.69) is 26.7 Å². The van der Waals surface area contributed by atoms with Crippen molar-refractivity contribution in [1.82, 2.24) is 24.2 Å². The predicted octanol–water partition coefficient (Wildman–Crippen LogP) is -0.619. The maximum atomic E-state index is 11.7. The summed E-state index contributed by atoms with van der Waals surface area (Å²) < 4.78 is 30.4. The van der Waals surface area contributed by atoms with E-state index in [1.54, 1.807) is 12.4 Å². The van der Waals surface area contributed by atoms with Crippen molar-refractivity contribution in [3.8, 4) is 11.3 Å². The van der Waals surface area contributed by atoms with E-state index < -0.39 is 15.7 Å². The smallest absolute Gasteiger partial charge is 0.277 e. The summed E-state index contributed by atoms with van der Waals surface area (Å²) in [5.74, 6) is 1.63. The topological polar surface area (TPSA) is 157 Å². The van der Waals surface area contributed by atoms with E-state index in [0.717, 1.165) is 29.1 Å². The van der Waals surface area contributed by atoms with Gasteiger partial charge in [0, 0.05) is 49.7 Å². The first-order valence-corrected chi connectivity index (χ1v) is 12.0. The molecule has 172 valence electrons. The summed E-state index contributed by atoms with van der Waals surface area (Å²) in [5.41, 5.74) is 7.84. The maximum Gasteiger partial charge on any atom is 0.277 e. The first-order chi connectivity index (χ1) is 15.2. The zero-order valence-electron chi connectivity index (χ0n) is 18.1. The molecule has 5 heterocycles. The number of morpholine rings is 1. The molecule has 2 aromatic rings. The number of anilines is 3. The van der Waals surface area contributed by atoms with Gasteiger partial charge in [0.05, 0.1) is 30.5 Å². The molecule has 3 aliphatic heterocycles. The van der Waals surface area contributed by atoms with E-state index in [-0.39, 0.29) is 12.0 Å². The summed E-state index contributed by atoms with van der Waals surface area (Å²) in [6.07, 6.45) is 4.08. The molecule has 3 aliphatic rings. The minimum atomic E-state index is -3.71. The fourth-order valence-corrected chi connectivity index (χ4v) is 5.60. The second kappa shape index (κ2) is 7.47. The fraction of sp³-hybridized carbons (Fsp3) is 0.579. The van der Waals surface area contributed by atoms with Gasteiger partial charge in [-0.15, -0.1) is 0 Å². The van der Waals surface area contributed by atoms with Crippen molar-refractivity contribution in [1.29, 1.82) is 0 Å². The van der Waals surface area contributed by atoms with Crippen molar-refractivity contribution in [2.24, 2.45) is 5.14 Å². The van der Waals surface area contributed by atoms with E-state index in [1.165, 1.54) is 4.31 Å². The third-order valence-electron chi connectivity index (χ3n) is 6.43. The van der Waals surface area contributed by atoms with Gasteiger partial charge in [0.1, 0.15) is 5.82 Å². The molecule has 0 bridgehead atoms. The van der Waals surface area contributed by atoms with Crippen LogP contribution in [0.2, 0.25) is 0 Å². The molecule has 4 N–H and O–H groups in total. The Bertz CT molecular complexity index is 1140. The SMILES string of the molecule is C[C@H]1COCCN1c1nc(-c2cnc(N)nc2)c2c(n1)N(C1(C)CN(S(N)(=O)=O)C1)CC2. The Balaban J connectivity index is 1.58. The summed E-state index contributed by atoms with van der Waals surface area (Å²) in [4.78, 5) is 22.5. The minimum Gasteiger partial charge on any atom is -0.377 e. The van der Waals surface area contributed by atoms with E-state index in [1.807, 2.05) is 6.92 Å². The largest absolute Gasteiger partial charge is 0.377 e. The van der Waals surface area contributed by atoms with Gasteiger partial charge in [-0.2, -0.15) is 17.7 Å². The van der Waals surface area contributed by atoms with Crippen molar-refractivity contribution in [2.75, 3.05) is 54.9 Å². The van der Waals surface area contributed by atoms with Crippen molar-refractivity contribution >= 4 is 27.9 Å². The lowest BCUT2D eigenvalue weighted by Crippen LogP contribution is -2.70. The lowest BCUT2D eigenvalue weighted by Gasteiger charge is -2.52. The van der Waals surface area contributed by atoms with Crippen LogP contribution in [0.5, 0.6) is 0 Å². The Hall–Kier alpha value is -2.61. The minimum absolute atomic E-state index is 0.129. The number of aromatic nitrogens is 4. The monoisotopic (exact) mass is 461 g/mol. The molecular formula is C19H27N9O3S. The number of rotatable bonds is 4. The van der Waals surface area contributed by atoms with Crippen molar-refractivity contribution in [2.45, 2.75) is 31.8 Å². The number of hydrogen-bond acceptors (Lipinski definition) is 10. The van der Waals surface area contributed by atoms with Crippen molar-refractivity contribution in [3.05, 3.63) is 18.0 Å². The van der Waals surface area contributed by atoms with Crippen LogP contribution < -0.4 is 20.7 Å². The number of nitrogens with two attached hydrogens (primary N) is 2. The predicted molar refractivity (Wildman–Crippen MR) is 119 cm³/mol. The molecule has 0 aliphatic carbocycles. The Morgan fingerprint density at radius 2 is 1.91 bits per heavy atom. The van der Waals surface area contributed by atoms with Gasteiger partial charge >= 0.3 is 0 Å². The Morgan fingerprint density at radius 1 is 1.19 bits per heavy atom. The highest BCUT2D eigenvalue weighted by atomic mass is 32.2. The molecular weight excluding hydrogens is 434 g/mol. The van der Waals surface area contributed by atoms with Crippen LogP contribution in [-0.2, 0) is 21.4 Å². The van der Waals surface area contributed by atoms with Gasteiger partial charge < -0.3 is 20.3 Å². The van der Waals surface area contributed by atoms with Gasteiger partial charge in [-0.3, -0.25) is 0 Å². The molecule has 1 atom stereocenters. The van der Waals surface area contributed by atoms with Gasteiger partial charge in [-0.05, 0) is 20.3 Å². The lowest BCUT2D eigenvalue weighted by atomic mass is 9.93. The third kappa shape index (κ3) is 3.54. The number of hydrogen-bond donors (Lipinski definition) is 2. The first kappa shape index (κ1) is 21.2. The highest BCUT2D eigenvalue weighted by Crippen LogP contribution is 2.41. The molecule has 13 heteroatoms. The normalized spacial score (nSPS) is 23.2. The first-order valence-electron chi connectivity index (χ1n) is 10.5. The number of nitrogens with zero attached hydrogens (tertiary/aromatic N) is 7. The number of fused-ring (bicyclic) bond motifs is 1. The van der Waals surface area contributed by atoms with Crippen LogP contribution in [0.25, 0.3) is 11.3 Å². The molecule has 0 unspecified atom stereocenters. The van der Waals surface area contributed by atoms with E-state index in [4.69, 9.17) is 25.6 Å². The van der Waals surface area contributed by atoms with E-state index >= 15 is 0 Å². The van der Waals surface area contributed by atoms with Crippen molar-refractivity contribution in [3.63, 3.8) is 0 Å². The highest BCUT2D eigenvalue weighted by molar-refractivity contribution is 7.86. The second-order valence-corrected chi connectivity index (χ2v) is 10.4. The molecule has 0 aromatic carbocycles. The van der Waals surface area contributed by atoms with Gasteiger partial charge in [0.15, 0.2) is 0 Å². The summed E-state index contributed by atoms with van der Waals surface area (Å²) in [6, 6.07) is 0.129. The van der Waals surface area contributed by atoms with E-state index in [9.17, 15) is 8.42 Å². The number of ether oxygens (including phenoxy) is 1. The maximum absolute atomic E-state index is 11.7. The molecule has 12 nitrogen and oxygen atoms in total. The van der Waals surface area contributed by atoms with Crippen LogP contribution in [0.4, 0.5) is 17.7 Å². The Morgan fingerprint density at radius 3 is 2.56 bits per heavy atom. The fourth-order valence-electron chi connectivity index (χ4n) is 4.69. The summed E-state index contributed by atoms with van der Waals surface area (Å²) in [5, 5.41) is 5.32. The Labute approximate surface area is 186 Å². The molecule has 2 aromatic heterocycles. The molecule has 0 spiro atoms. The number of nitrogen functional groups attached to an aromatic ring is 1. The van der Waals surface area contributed by atoms with Crippen LogP contribution in [0, 0.1) is 0 Å². The molecule has 0 radical (unpaired) electrons. The second-order valence-electron chi connectivity index (χ2n) is 8.83. The van der Waals surface area contributed by atoms with Gasteiger partial charge in [0.25, 0.3) is 10.2 Å². The zero-order chi connectivity index (χ0) is 22.7. The third-order valence-corrected chi connectivity index (χ3v) is 7.41. The zero-order valence-corrected chi connectivity index (χ0v) is 18.9. The van der Waals surface area contributed by atoms with Crippen LogP contribution in [0.1, 0.15) is 19.4 Å². The van der Waals surface area contributed by atoms with Crippen LogP contribution in [-0.4, -0.2) is 83.6 Å².